The fourth-order valence-electron chi connectivity index (χ4n) is 13.3. The maximum atomic E-state index is 3.73. The van der Waals surface area contributed by atoms with E-state index in [0.29, 0.717) is 0 Å². The molecule has 0 saturated carbocycles. The van der Waals surface area contributed by atoms with Crippen LogP contribution in [0.1, 0.15) is 49.9 Å². The molecule has 1 N–H and O–H groups in total. The summed E-state index contributed by atoms with van der Waals surface area (Å²) in [6.07, 6.45) is 0. The summed E-state index contributed by atoms with van der Waals surface area (Å²) in [5.74, 6) is 0. The summed E-state index contributed by atoms with van der Waals surface area (Å²) >= 11 is 0. The molecule has 2 aliphatic rings. The zero-order chi connectivity index (χ0) is 54.4. The number of benzene rings is 12. The van der Waals surface area contributed by atoms with E-state index in [1.165, 1.54) is 99.8 Å². The van der Waals surface area contributed by atoms with Gasteiger partial charge in [-0.2, -0.15) is 0 Å². The van der Waals surface area contributed by atoms with Crippen molar-refractivity contribution in [3.63, 3.8) is 0 Å². The number of anilines is 6. The zero-order valence-electron chi connectivity index (χ0n) is 46.0. The van der Waals surface area contributed by atoms with E-state index in [9.17, 15) is 0 Å². The highest BCUT2D eigenvalue weighted by molar-refractivity contribution is 6.10. The number of nitrogens with zero attached hydrogens (tertiary/aromatic N) is 2. The number of rotatable bonds is 10. The lowest BCUT2D eigenvalue weighted by atomic mass is 9.82. The molecule has 0 spiro atoms. The smallest absolute Gasteiger partial charge is 0.0465 e. The molecule has 3 nitrogen and oxygen atoms in total. The molecule has 0 unspecified atom stereocenters. The van der Waals surface area contributed by atoms with Crippen LogP contribution in [-0.2, 0) is 10.8 Å². The van der Waals surface area contributed by atoms with E-state index in [1.54, 1.807) is 0 Å². The maximum absolute atomic E-state index is 3.73. The molecule has 1 aromatic heterocycles. The molecule has 386 valence electrons. The maximum Gasteiger partial charge on any atom is 0.0465 e. The number of aromatic amines is 1. The average Bonchev–Trinajstić information content (AvgIpc) is 4.19. The zero-order valence-corrected chi connectivity index (χ0v) is 46.0. The molecule has 0 atom stereocenters. The first-order valence-corrected chi connectivity index (χ1v) is 28.3. The number of H-pyrrole nitrogens is 1. The lowest BCUT2D eigenvalue weighted by Crippen LogP contribution is -2.16. The second kappa shape index (κ2) is 18.9. The van der Waals surface area contributed by atoms with Gasteiger partial charge in [-0.3, -0.25) is 0 Å². The van der Waals surface area contributed by atoms with Gasteiger partial charge in [0.1, 0.15) is 0 Å². The second-order valence-corrected chi connectivity index (χ2v) is 23.0. The molecule has 0 radical (unpaired) electrons. The molecule has 0 amide bonds. The Kier molecular flexibility index (Phi) is 11.2. The van der Waals surface area contributed by atoms with Gasteiger partial charge in [0.05, 0.1) is 0 Å². The van der Waals surface area contributed by atoms with Crippen LogP contribution in [0.5, 0.6) is 0 Å². The van der Waals surface area contributed by atoms with Gasteiger partial charge in [0, 0.05) is 66.8 Å². The molecule has 0 bridgehead atoms. The van der Waals surface area contributed by atoms with E-state index in [2.05, 4.69) is 322 Å². The fraction of sp³-hybridized carbons (Fsp3) is 0.0769. The third-order valence-corrected chi connectivity index (χ3v) is 17.6. The third kappa shape index (κ3) is 8.10. The molecule has 81 heavy (non-hydrogen) atoms. The predicted molar refractivity (Wildman–Crippen MR) is 342 cm³/mol. The Balaban J connectivity index is 0.755. The summed E-state index contributed by atoms with van der Waals surface area (Å²) in [4.78, 5) is 8.54. The van der Waals surface area contributed by atoms with Crippen molar-refractivity contribution in [3.8, 4) is 66.8 Å². The topological polar surface area (TPSA) is 22.3 Å². The van der Waals surface area contributed by atoms with Crippen LogP contribution < -0.4 is 9.80 Å². The van der Waals surface area contributed by atoms with E-state index >= 15 is 0 Å². The third-order valence-electron chi connectivity index (χ3n) is 17.6. The normalized spacial score (nSPS) is 13.4. The van der Waals surface area contributed by atoms with Crippen LogP contribution in [0.15, 0.2) is 279 Å². The van der Waals surface area contributed by atoms with Crippen molar-refractivity contribution >= 4 is 55.9 Å². The van der Waals surface area contributed by atoms with Gasteiger partial charge in [-0.1, -0.05) is 210 Å². The first-order chi connectivity index (χ1) is 39.6. The molecule has 3 heteroatoms. The van der Waals surface area contributed by atoms with Crippen molar-refractivity contribution in [2.75, 3.05) is 9.80 Å². The number of hydrogen-bond donors (Lipinski definition) is 1. The SMILES string of the molecule is CC1(C)c2ccccc2-c2ccc(N(c3ccc(-c4ccccc4)cc3)c3ccc(-c4ccc5[nH]c6ccc(-c7ccc(N(c8ccc(-c9ccccc9)cc8)c8ccc9c(c8)C(C)(C)c8ccccc8-9)cc7)cc6c5c4)cc3)cc21. The van der Waals surface area contributed by atoms with Gasteiger partial charge in [0.25, 0.3) is 0 Å². The Hall–Kier alpha value is -9.96. The van der Waals surface area contributed by atoms with Crippen LogP contribution in [-0.4, -0.2) is 4.98 Å². The standard InChI is InChI=1S/C78H59N3/c1-77(2)71-21-13-11-19-65(71)67-43-41-63(49-73(67)77)80(59-33-23-53(24-34-59)51-15-7-5-8-16-51)61-37-27-55(28-38-61)57-31-45-75-69(47-57)70-48-58(32-46-76(70)79-75)56-29-39-62(40-30-56)81(60-35-25-54(26-36-60)52-17-9-6-10-18-52)64-42-44-68-66-20-12-14-22-72(66)78(3,4)74(68)50-64/h5-50,79H,1-4H3. The summed E-state index contributed by atoms with van der Waals surface area (Å²) in [5, 5.41) is 2.41. The number of nitrogens with one attached hydrogen (secondary N) is 1. The molecule has 2 aliphatic carbocycles. The van der Waals surface area contributed by atoms with Crippen LogP contribution >= 0.6 is 0 Å². The van der Waals surface area contributed by atoms with Gasteiger partial charge in [-0.15, -0.1) is 0 Å². The highest BCUT2D eigenvalue weighted by atomic mass is 15.1. The van der Waals surface area contributed by atoms with Crippen LogP contribution in [0.2, 0.25) is 0 Å². The summed E-state index contributed by atoms with van der Waals surface area (Å²) < 4.78 is 0. The quantitative estimate of drug-likeness (QED) is 0.147. The largest absolute Gasteiger partial charge is 0.355 e. The van der Waals surface area contributed by atoms with Gasteiger partial charge in [0.15, 0.2) is 0 Å². The Morgan fingerprint density at radius 1 is 0.235 bits per heavy atom. The average molecular weight is 1040 g/mol. The van der Waals surface area contributed by atoms with Gasteiger partial charge in [-0.25, -0.2) is 0 Å². The van der Waals surface area contributed by atoms with Crippen molar-refractivity contribution in [1.29, 1.82) is 0 Å². The van der Waals surface area contributed by atoms with Crippen molar-refractivity contribution < 1.29 is 0 Å². The summed E-state index contributed by atoms with van der Waals surface area (Å²) in [7, 11) is 0. The van der Waals surface area contributed by atoms with E-state index in [0.717, 1.165) is 45.2 Å². The Morgan fingerprint density at radius 3 is 0.889 bits per heavy atom. The lowest BCUT2D eigenvalue weighted by molar-refractivity contribution is 0.660. The number of fused-ring (bicyclic) bond motifs is 9. The second-order valence-electron chi connectivity index (χ2n) is 23.0. The minimum atomic E-state index is -0.115. The Labute approximate surface area is 474 Å². The van der Waals surface area contributed by atoms with Gasteiger partial charge >= 0.3 is 0 Å². The predicted octanol–water partition coefficient (Wildman–Crippen LogP) is 21.5. The summed E-state index contributed by atoms with van der Waals surface area (Å²) in [6, 6.07) is 103. The van der Waals surface area contributed by atoms with Crippen LogP contribution in [0.3, 0.4) is 0 Å². The molecule has 15 rings (SSSR count). The molecule has 0 aliphatic heterocycles. The molecule has 0 fully saturated rings. The van der Waals surface area contributed by atoms with E-state index in [1.807, 2.05) is 0 Å². The van der Waals surface area contributed by atoms with Crippen molar-refractivity contribution in [2.45, 2.75) is 38.5 Å². The lowest BCUT2D eigenvalue weighted by Gasteiger charge is -2.28. The highest BCUT2D eigenvalue weighted by Crippen LogP contribution is 2.53. The van der Waals surface area contributed by atoms with Gasteiger partial charge < -0.3 is 14.8 Å². The summed E-state index contributed by atoms with van der Waals surface area (Å²) in [6.45, 7) is 9.42. The van der Waals surface area contributed by atoms with Gasteiger partial charge in [0.2, 0.25) is 0 Å². The monoisotopic (exact) mass is 1040 g/mol. The van der Waals surface area contributed by atoms with Gasteiger partial charge in [-0.05, 0) is 186 Å². The molecule has 12 aromatic carbocycles. The van der Waals surface area contributed by atoms with Crippen LogP contribution in [0, 0.1) is 0 Å². The van der Waals surface area contributed by atoms with E-state index in [-0.39, 0.29) is 10.8 Å². The molecule has 1 heterocycles. The molecular formula is C78H59N3. The first-order valence-electron chi connectivity index (χ1n) is 28.3. The number of aromatic nitrogens is 1. The molecule has 0 saturated heterocycles. The van der Waals surface area contributed by atoms with E-state index < -0.39 is 0 Å². The summed E-state index contributed by atoms with van der Waals surface area (Å²) in [5.41, 5.74) is 29.0. The minimum absolute atomic E-state index is 0.115. The highest BCUT2D eigenvalue weighted by Gasteiger charge is 2.37. The first kappa shape index (κ1) is 48.2. The van der Waals surface area contributed by atoms with Crippen molar-refractivity contribution in [1.82, 2.24) is 4.98 Å². The molecule has 13 aromatic rings. The minimum Gasteiger partial charge on any atom is -0.355 e. The number of hydrogen-bond acceptors (Lipinski definition) is 2. The van der Waals surface area contributed by atoms with Crippen LogP contribution in [0.4, 0.5) is 34.1 Å². The molecular weight excluding hydrogens is 979 g/mol. The van der Waals surface area contributed by atoms with Crippen LogP contribution in [0.25, 0.3) is 88.6 Å². The Bertz CT molecular complexity index is 4240. The van der Waals surface area contributed by atoms with Crippen molar-refractivity contribution in [2.24, 2.45) is 0 Å². The fourth-order valence-corrected chi connectivity index (χ4v) is 13.3. The van der Waals surface area contributed by atoms with Crippen molar-refractivity contribution in [3.05, 3.63) is 301 Å². The van der Waals surface area contributed by atoms with E-state index in [4.69, 9.17) is 0 Å². The Morgan fingerprint density at radius 2 is 0.519 bits per heavy atom.